The number of nitrogens with zero attached hydrogens (tertiary/aromatic N) is 1. The minimum atomic E-state index is -0.394. The lowest BCUT2D eigenvalue weighted by Gasteiger charge is -2.22. The Balaban J connectivity index is 1.54. The number of unbranched alkanes of at least 4 members (excludes halogenated alkanes) is 1. The molecule has 4 heteroatoms. The van der Waals surface area contributed by atoms with Crippen molar-refractivity contribution in [2.45, 2.75) is 12.8 Å². The van der Waals surface area contributed by atoms with Crippen LogP contribution in [0, 0.1) is 0 Å². The van der Waals surface area contributed by atoms with Crippen LogP contribution in [0.1, 0.15) is 18.4 Å². The first-order chi connectivity index (χ1) is 13.7. The summed E-state index contributed by atoms with van der Waals surface area (Å²) in [6.07, 6.45) is 5.06. The standard InChI is InChI=1S/C24H23NO3/c26-23-17-10-12-20(19-23)11-4-3-9-18-28-24(27)25(21-13-5-1-6-14-21)22-15-7-2-8-16-22/h1-2,4-8,10-17,19,26H,3,9,18H2. The Hall–Kier alpha value is -3.53. The van der Waals surface area contributed by atoms with E-state index in [0.717, 1.165) is 29.8 Å². The number of phenols is 1. The Morgan fingerprint density at radius 1 is 0.893 bits per heavy atom. The van der Waals surface area contributed by atoms with Crippen LogP contribution in [0.5, 0.6) is 5.75 Å². The van der Waals surface area contributed by atoms with Gasteiger partial charge in [0.05, 0.1) is 18.0 Å². The van der Waals surface area contributed by atoms with E-state index in [0.29, 0.717) is 6.61 Å². The van der Waals surface area contributed by atoms with Crippen molar-refractivity contribution in [3.63, 3.8) is 0 Å². The molecule has 0 radical (unpaired) electrons. The number of ether oxygens (including phenoxy) is 1. The van der Waals surface area contributed by atoms with Gasteiger partial charge in [-0.05, 0) is 54.8 Å². The van der Waals surface area contributed by atoms with Gasteiger partial charge in [-0.3, -0.25) is 0 Å². The molecule has 142 valence electrons. The molecule has 0 saturated carbocycles. The molecule has 0 unspecified atom stereocenters. The lowest BCUT2D eigenvalue weighted by Crippen LogP contribution is -2.27. The maximum absolute atomic E-state index is 12.7. The molecular formula is C24H23NO3. The van der Waals surface area contributed by atoms with Gasteiger partial charge in [-0.2, -0.15) is 0 Å². The molecule has 0 aliphatic rings. The molecule has 3 aromatic rings. The van der Waals surface area contributed by atoms with Crippen molar-refractivity contribution in [3.05, 3.63) is 96.6 Å². The predicted molar refractivity (Wildman–Crippen MR) is 113 cm³/mol. The molecule has 4 nitrogen and oxygen atoms in total. The summed E-state index contributed by atoms with van der Waals surface area (Å²) < 4.78 is 5.50. The van der Waals surface area contributed by atoms with E-state index in [9.17, 15) is 9.90 Å². The van der Waals surface area contributed by atoms with E-state index in [4.69, 9.17) is 4.74 Å². The molecule has 0 aliphatic carbocycles. The second-order valence-corrected chi connectivity index (χ2v) is 6.26. The zero-order valence-corrected chi connectivity index (χ0v) is 15.6. The summed E-state index contributed by atoms with van der Waals surface area (Å²) in [5, 5.41) is 9.46. The highest BCUT2D eigenvalue weighted by Crippen LogP contribution is 2.25. The van der Waals surface area contributed by atoms with Gasteiger partial charge in [-0.15, -0.1) is 0 Å². The van der Waals surface area contributed by atoms with Crippen molar-refractivity contribution in [3.8, 4) is 5.75 Å². The molecule has 0 spiro atoms. The number of hydrogen-bond acceptors (Lipinski definition) is 3. The van der Waals surface area contributed by atoms with Crippen molar-refractivity contribution < 1.29 is 14.6 Å². The minimum Gasteiger partial charge on any atom is -0.508 e. The van der Waals surface area contributed by atoms with Gasteiger partial charge in [0.1, 0.15) is 5.75 Å². The van der Waals surface area contributed by atoms with Crippen LogP contribution < -0.4 is 4.90 Å². The van der Waals surface area contributed by atoms with Gasteiger partial charge in [-0.1, -0.05) is 60.7 Å². The van der Waals surface area contributed by atoms with E-state index in [2.05, 4.69) is 0 Å². The number of allylic oxidation sites excluding steroid dienone is 1. The van der Waals surface area contributed by atoms with Crippen LogP contribution >= 0.6 is 0 Å². The van der Waals surface area contributed by atoms with Crippen molar-refractivity contribution in [2.24, 2.45) is 0 Å². The summed E-state index contributed by atoms with van der Waals surface area (Å²) in [4.78, 5) is 14.3. The van der Waals surface area contributed by atoms with Crippen molar-refractivity contribution in [1.29, 1.82) is 0 Å². The van der Waals surface area contributed by atoms with E-state index in [1.54, 1.807) is 23.1 Å². The number of amides is 1. The molecule has 3 rings (SSSR count). The highest BCUT2D eigenvalue weighted by Gasteiger charge is 2.18. The fourth-order valence-electron chi connectivity index (χ4n) is 2.79. The van der Waals surface area contributed by atoms with Crippen LogP contribution in [0.3, 0.4) is 0 Å². The topological polar surface area (TPSA) is 49.8 Å². The lowest BCUT2D eigenvalue weighted by molar-refractivity contribution is 0.155. The summed E-state index contributed by atoms with van der Waals surface area (Å²) in [6, 6.07) is 26.0. The number of benzene rings is 3. The predicted octanol–water partition coefficient (Wildman–Crippen LogP) is 6.16. The molecule has 0 saturated heterocycles. The first-order valence-electron chi connectivity index (χ1n) is 9.26. The van der Waals surface area contributed by atoms with Gasteiger partial charge >= 0.3 is 6.09 Å². The van der Waals surface area contributed by atoms with E-state index < -0.39 is 6.09 Å². The molecule has 3 aromatic carbocycles. The third kappa shape index (κ3) is 5.48. The van der Waals surface area contributed by atoms with Crippen LogP contribution in [-0.2, 0) is 4.74 Å². The summed E-state index contributed by atoms with van der Waals surface area (Å²) in [6.45, 7) is 0.333. The highest BCUT2D eigenvalue weighted by molar-refractivity contribution is 5.95. The van der Waals surface area contributed by atoms with Gasteiger partial charge in [0.25, 0.3) is 0 Å². The van der Waals surface area contributed by atoms with Crippen LogP contribution in [0.4, 0.5) is 16.2 Å². The van der Waals surface area contributed by atoms with Crippen molar-refractivity contribution in [1.82, 2.24) is 0 Å². The number of hydrogen-bond donors (Lipinski definition) is 1. The highest BCUT2D eigenvalue weighted by atomic mass is 16.6. The summed E-state index contributed by atoms with van der Waals surface area (Å²) in [7, 11) is 0. The molecule has 28 heavy (non-hydrogen) atoms. The number of anilines is 2. The second-order valence-electron chi connectivity index (χ2n) is 6.26. The molecule has 1 amide bonds. The third-order valence-electron chi connectivity index (χ3n) is 4.13. The number of carbonyl (C=O) groups is 1. The average Bonchev–Trinajstić information content (AvgIpc) is 2.72. The summed E-state index contributed by atoms with van der Waals surface area (Å²) in [5.74, 6) is 0.248. The Labute approximate surface area is 165 Å². The zero-order valence-electron chi connectivity index (χ0n) is 15.6. The van der Waals surface area contributed by atoms with Gasteiger partial charge in [-0.25, -0.2) is 9.69 Å². The molecular weight excluding hydrogens is 350 g/mol. The van der Waals surface area contributed by atoms with E-state index in [-0.39, 0.29) is 5.75 Å². The Morgan fingerprint density at radius 3 is 2.14 bits per heavy atom. The van der Waals surface area contributed by atoms with Crippen LogP contribution in [0.25, 0.3) is 6.08 Å². The molecule has 1 N–H and O–H groups in total. The molecule has 0 aliphatic heterocycles. The Kier molecular flexibility index (Phi) is 6.85. The lowest BCUT2D eigenvalue weighted by atomic mass is 10.2. The number of phenolic OH excluding ortho intramolecular Hbond substituents is 1. The van der Waals surface area contributed by atoms with Crippen molar-refractivity contribution >= 4 is 23.5 Å². The van der Waals surface area contributed by atoms with Gasteiger partial charge in [0.15, 0.2) is 0 Å². The van der Waals surface area contributed by atoms with E-state index >= 15 is 0 Å². The zero-order chi connectivity index (χ0) is 19.6. The van der Waals surface area contributed by atoms with Gasteiger partial charge < -0.3 is 9.84 Å². The maximum atomic E-state index is 12.7. The monoisotopic (exact) mass is 373 g/mol. The van der Waals surface area contributed by atoms with E-state index in [1.807, 2.05) is 78.9 Å². The first-order valence-corrected chi connectivity index (χ1v) is 9.26. The smallest absolute Gasteiger partial charge is 0.418 e. The first kappa shape index (κ1) is 19.2. The quantitative estimate of drug-likeness (QED) is 0.505. The minimum absolute atomic E-state index is 0.248. The molecule has 0 aromatic heterocycles. The average molecular weight is 373 g/mol. The van der Waals surface area contributed by atoms with Gasteiger partial charge in [0, 0.05) is 0 Å². The van der Waals surface area contributed by atoms with Crippen LogP contribution in [0.15, 0.2) is 91.0 Å². The third-order valence-corrected chi connectivity index (χ3v) is 4.13. The fourth-order valence-corrected chi connectivity index (χ4v) is 2.79. The SMILES string of the molecule is O=C(OCCCC=Cc1cccc(O)c1)N(c1ccccc1)c1ccccc1. The van der Waals surface area contributed by atoms with Gasteiger partial charge in [0.2, 0.25) is 0 Å². The molecule has 0 atom stereocenters. The number of aromatic hydroxyl groups is 1. The van der Waals surface area contributed by atoms with Crippen LogP contribution in [-0.4, -0.2) is 17.8 Å². The second kappa shape index (κ2) is 9.97. The number of rotatable bonds is 7. The van der Waals surface area contributed by atoms with E-state index in [1.165, 1.54) is 0 Å². The van der Waals surface area contributed by atoms with Crippen molar-refractivity contribution in [2.75, 3.05) is 11.5 Å². The molecule has 0 fully saturated rings. The summed E-state index contributed by atoms with van der Waals surface area (Å²) in [5.41, 5.74) is 2.47. The maximum Gasteiger partial charge on any atom is 0.418 e. The largest absolute Gasteiger partial charge is 0.508 e. The normalized spacial score (nSPS) is 10.7. The Morgan fingerprint density at radius 2 is 1.54 bits per heavy atom. The number of carbonyl (C=O) groups excluding carboxylic acids is 1. The Bertz CT molecular complexity index is 868. The molecule has 0 heterocycles. The molecule has 0 bridgehead atoms. The van der Waals surface area contributed by atoms with Crippen LogP contribution in [0.2, 0.25) is 0 Å². The summed E-state index contributed by atoms with van der Waals surface area (Å²) >= 11 is 0. The fraction of sp³-hybridized carbons (Fsp3) is 0.125. The number of para-hydroxylation sites is 2.